The maximum Gasteiger partial charge on any atom is 0.164 e. The fourth-order valence-corrected chi connectivity index (χ4v) is 8.90. The van der Waals surface area contributed by atoms with Gasteiger partial charge in [0.1, 0.15) is 0 Å². The number of benzene rings is 8. The summed E-state index contributed by atoms with van der Waals surface area (Å²) in [5.41, 5.74) is 12.5. The van der Waals surface area contributed by atoms with Crippen LogP contribution in [0.15, 0.2) is 182 Å². The van der Waals surface area contributed by atoms with Crippen molar-refractivity contribution in [3.8, 4) is 67.7 Å². The maximum absolute atomic E-state index is 5.03. The Bertz CT molecular complexity index is 3170. The molecule has 0 fully saturated rings. The average Bonchev–Trinajstić information content (AvgIpc) is 3.52. The van der Waals surface area contributed by atoms with Crippen molar-refractivity contribution in [3.05, 3.63) is 193 Å². The highest BCUT2D eigenvalue weighted by atomic mass is 15.0. The van der Waals surface area contributed by atoms with Gasteiger partial charge in [0.25, 0.3) is 0 Å². The van der Waals surface area contributed by atoms with Crippen LogP contribution in [0.3, 0.4) is 0 Å². The Balaban J connectivity index is 1.02. The fourth-order valence-electron chi connectivity index (χ4n) is 8.90. The molecule has 57 heavy (non-hydrogen) atoms. The number of hydrogen-bond donors (Lipinski definition) is 0. The third-order valence-electron chi connectivity index (χ3n) is 11.8. The van der Waals surface area contributed by atoms with Gasteiger partial charge in [-0.3, -0.25) is 4.98 Å². The van der Waals surface area contributed by atoms with Gasteiger partial charge in [-0.05, 0) is 83.9 Å². The first-order valence-electron chi connectivity index (χ1n) is 19.5. The highest BCUT2D eigenvalue weighted by molar-refractivity contribution is 6.29. The molecule has 11 rings (SSSR count). The van der Waals surface area contributed by atoms with E-state index in [4.69, 9.17) is 15.0 Å². The van der Waals surface area contributed by atoms with E-state index in [1.54, 1.807) is 0 Å². The minimum Gasteiger partial charge on any atom is -0.256 e. The summed E-state index contributed by atoms with van der Waals surface area (Å²) in [6, 6.07) is 62.4. The summed E-state index contributed by atoms with van der Waals surface area (Å²) in [7, 11) is 0. The fraction of sp³-hybridized carbons (Fsp3) is 0.0566. The number of pyridine rings is 1. The molecule has 8 aromatic carbocycles. The summed E-state index contributed by atoms with van der Waals surface area (Å²) < 4.78 is 0. The first kappa shape index (κ1) is 33.1. The lowest BCUT2D eigenvalue weighted by molar-refractivity contribution is 0.661. The molecule has 0 aliphatic heterocycles. The largest absolute Gasteiger partial charge is 0.256 e. The van der Waals surface area contributed by atoms with Gasteiger partial charge in [0.15, 0.2) is 17.5 Å². The number of aromatic nitrogens is 4. The second kappa shape index (κ2) is 12.9. The molecule has 0 saturated heterocycles. The Morgan fingerprint density at radius 3 is 1.58 bits per heavy atom. The molecule has 268 valence electrons. The Kier molecular flexibility index (Phi) is 7.48. The molecule has 1 aliphatic carbocycles. The predicted octanol–water partition coefficient (Wildman–Crippen LogP) is 13.4. The monoisotopic (exact) mass is 728 g/mol. The Morgan fingerprint density at radius 2 is 0.895 bits per heavy atom. The van der Waals surface area contributed by atoms with Crippen LogP contribution in [0, 0.1) is 0 Å². The lowest BCUT2D eigenvalue weighted by Crippen LogP contribution is -2.14. The summed E-state index contributed by atoms with van der Waals surface area (Å²) in [4.78, 5) is 19.5. The first-order chi connectivity index (χ1) is 28.0. The minimum absolute atomic E-state index is 0.0639. The van der Waals surface area contributed by atoms with Crippen molar-refractivity contribution < 1.29 is 0 Å². The van der Waals surface area contributed by atoms with Crippen LogP contribution in [0.2, 0.25) is 0 Å². The van der Waals surface area contributed by atoms with Gasteiger partial charge in [-0.15, -0.1) is 0 Å². The zero-order valence-corrected chi connectivity index (χ0v) is 31.6. The van der Waals surface area contributed by atoms with Crippen molar-refractivity contribution in [2.24, 2.45) is 0 Å². The Hall–Kier alpha value is -7.30. The highest BCUT2D eigenvalue weighted by Crippen LogP contribution is 2.53. The SMILES string of the molecule is CC1(C)c2ccccc2-c2c1ccc1c3ccccc3c3cc(-c4ccc(-c5nc(-c6ccccc6)nc(-c6ccc(-c7ccccn7)cc6)n5)cc4)ccc3c21. The standard InChI is InChI=1S/C53H36N4/c1-53(2)45-17-9-8-16-43(45)49-46(53)30-29-41-39-14-6-7-15-40(39)44-32-38(27-28-42(44)48(41)49)33-19-23-36(24-20-33)51-55-50(35-12-4-3-5-13-35)56-52(57-51)37-25-21-34(22-26-37)47-18-10-11-31-54-47/h3-32H,1-2H3. The maximum atomic E-state index is 5.03. The molecule has 10 aromatic rings. The number of nitrogens with zero attached hydrogens (tertiary/aromatic N) is 4. The lowest BCUT2D eigenvalue weighted by atomic mass is 9.81. The number of hydrogen-bond acceptors (Lipinski definition) is 4. The second-order valence-electron chi connectivity index (χ2n) is 15.4. The van der Waals surface area contributed by atoms with E-state index >= 15 is 0 Å². The van der Waals surface area contributed by atoms with E-state index in [0.717, 1.165) is 33.5 Å². The Morgan fingerprint density at radius 1 is 0.368 bits per heavy atom. The molecule has 2 aromatic heterocycles. The molecular weight excluding hydrogens is 693 g/mol. The van der Waals surface area contributed by atoms with E-state index in [1.165, 1.54) is 60.1 Å². The van der Waals surface area contributed by atoms with Crippen LogP contribution < -0.4 is 0 Å². The quantitative estimate of drug-likeness (QED) is 0.166. The molecule has 0 radical (unpaired) electrons. The zero-order valence-electron chi connectivity index (χ0n) is 31.6. The van der Waals surface area contributed by atoms with E-state index in [0.29, 0.717) is 17.5 Å². The Labute approximate surface area is 331 Å². The van der Waals surface area contributed by atoms with Gasteiger partial charge in [0.05, 0.1) is 5.69 Å². The summed E-state index contributed by atoms with van der Waals surface area (Å²) in [6.07, 6.45) is 1.81. The molecular formula is C53H36N4. The van der Waals surface area contributed by atoms with Gasteiger partial charge in [-0.25, -0.2) is 15.0 Å². The zero-order chi connectivity index (χ0) is 38.1. The molecule has 0 bridgehead atoms. The van der Waals surface area contributed by atoms with Crippen molar-refractivity contribution >= 4 is 32.3 Å². The van der Waals surface area contributed by atoms with Gasteiger partial charge < -0.3 is 0 Å². The van der Waals surface area contributed by atoms with E-state index < -0.39 is 0 Å². The van der Waals surface area contributed by atoms with Crippen LogP contribution in [-0.4, -0.2) is 19.9 Å². The predicted molar refractivity (Wildman–Crippen MR) is 235 cm³/mol. The summed E-state index contributed by atoms with van der Waals surface area (Å²) >= 11 is 0. The van der Waals surface area contributed by atoms with E-state index in [9.17, 15) is 0 Å². The summed E-state index contributed by atoms with van der Waals surface area (Å²) in [6.45, 7) is 4.71. The van der Waals surface area contributed by atoms with Gasteiger partial charge in [0, 0.05) is 33.9 Å². The van der Waals surface area contributed by atoms with Gasteiger partial charge in [0.2, 0.25) is 0 Å². The van der Waals surface area contributed by atoms with E-state index in [-0.39, 0.29) is 5.41 Å². The first-order valence-corrected chi connectivity index (χ1v) is 19.5. The highest BCUT2D eigenvalue weighted by Gasteiger charge is 2.36. The van der Waals surface area contributed by atoms with Gasteiger partial charge in [-0.1, -0.05) is 172 Å². The van der Waals surface area contributed by atoms with Crippen molar-refractivity contribution in [2.75, 3.05) is 0 Å². The molecule has 4 heteroatoms. The molecule has 0 saturated carbocycles. The second-order valence-corrected chi connectivity index (χ2v) is 15.4. The topological polar surface area (TPSA) is 51.6 Å². The molecule has 1 aliphatic rings. The molecule has 2 heterocycles. The molecule has 0 atom stereocenters. The normalized spacial score (nSPS) is 12.9. The van der Waals surface area contributed by atoms with Crippen LogP contribution in [0.1, 0.15) is 25.0 Å². The van der Waals surface area contributed by atoms with Crippen molar-refractivity contribution in [1.82, 2.24) is 19.9 Å². The number of fused-ring (bicyclic) bond motifs is 10. The van der Waals surface area contributed by atoms with Crippen LogP contribution in [0.4, 0.5) is 0 Å². The molecule has 0 unspecified atom stereocenters. The van der Waals surface area contributed by atoms with Gasteiger partial charge in [-0.2, -0.15) is 0 Å². The van der Waals surface area contributed by atoms with Crippen LogP contribution >= 0.6 is 0 Å². The summed E-state index contributed by atoms with van der Waals surface area (Å²) in [5.74, 6) is 1.90. The van der Waals surface area contributed by atoms with Crippen LogP contribution in [0.25, 0.3) is 100.0 Å². The minimum atomic E-state index is -0.0639. The third kappa shape index (κ3) is 5.37. The van der Waals surface area contributed by atoms with Crippen molar-refractivity contribution in [3.63, 3.8) is 0 Å². The molecule has 0 N–H and O–H groups in total. The van der Waals surface area contributed by atoms with E-state index in [1.807, 2.05) is 54.7 Å². The average molecular weight is 729 g/mol. The van der Waals surface area contributed by atoms with Crippen molar-refractivity contribution in [2.45, 2.75) is 19.3 Å². The van der Waals surface area contributed by atoms with Crippen molar-refractivity contribution in [1.29, 1.82) is 0 Å². The molecule has 0 spiro atoms. The van der Waals surface area contributed by atoms with Crippen LogP contribution in [-0.2, 0) is 5.41 Å². The summed E-state index contributed by atoms with van der Waals surface area (Å²) in [5, 5.41) is 7.74. The van der Waals surface area contributed by atoms with Gasteiger partial charge >= 0.3 is 0 Å². The van der Waals surface area contributed by atoms with Crippen LogP contribution in [0.5, 0.6) is 0 Å². The molecule has 4 nitrogen and oxygen atoms in total. The molecule has 0 amide bonds. The smallest absolute Gasteiger partial charge is 0.164 e. The lowest BCUT2D eigenvalue weighted by Gasteiger charge is -2.22. The number of rotatable bonds is 5. The third-order valence-corrected chi connectivity index (χ3v) is 11.8. The van der Waals surface area contributed by atoms with E-state index in [2.05, 4.69) is 146 Å².